The van der Waals surface area contributed by atoms with Crippen molar-refractivity contribution in [3.05, 3.63) is 35.9 Å². The molecule has 0 unspecified atom stereocenters. The van der Waals surface area contributed by atoms with Crippen LogP contribution in [-0.2, 0) is 14.0 Å². The average molecular weight is 406 g/mol. The fourth-order valence-corrected chi connectivity index (χ4v) is 10.1. The Kier molecular flexibility index (Phi) is 7.84. The monoisotopic (exact) mass is 405 g/mol. The molecule has 1 aromatic carbocycles. The van der Waals surface area contributed by atoms with E-state index in [1.54, 1.807) is 12.1 Å². The molecule has 1 aromatic rings. The van der Waals surface area contributed by atoms with Gasteiger partial charge in [-0.3, -0.25) is 4.79 Å². The van der Waals surface area contributed by atoms with Crippen LogP contribution in [0.2, 0.25) is 16.6 Å². The van der Waals surface area contributed by atoms with Crippen molar-refractivity contribution in [1.82, 2.24) is 5.32 Å². The molecule has 1 heterocycles. The van der Waals surface area contributed by atoms with Crippen LogP contribution in [0, 0.1) is 5.92 Å². The molecule has 1 aliphatic rings. The van der Waals surface area contributed by atoms with E-state index in [2.05, 4.69) is 46.9 Å². The van der Waals surface area contributed by atoms with E-state index in [0.717, 1.165) is 0 Å². The third-order valence-electron chi connectivity index (χ3n) is 6.01. The highest BCUT2D eigenvalue weighted by Gasteiger charge is 2.46. The van der Waals surface area contributed by atoms with Crippen molar-refractivity contribution in [2.24, 2.45) is 5.92 Å². The van der Waals surface area contributed by atoms with E-state index in [-0.39, 0.29) is 17.8 Å². The highest BCUT2D eigenvalue weighted by molar-refractivity contribution is 6.77. The van der Waals surface area contributed by atoms with Gasteiger partial charge in [-0.2, -0.15) is 0 Å². The number of carbonyl (C=O) groups is 2. The summed E-state index contributed by atoms with van der Waals surface area (Å²) in [6.45, 7) is 14.3. The van der Waals surface area contributed by atoms with Crippen molar-refractivity contribution in [2.45, 2.75) is 70.7 Å². The Morgan fingerprint density at radius 2 is 1.64 bits per heavy atom. The third-order valence-corrected chi connectivity index (χ3v) is 12.1. The number of nitrogens with one attached hydrogen (secondary N) is 1. The van der Waals surface area contributed by atoms with Gasteiger partial charge in [0.05, 0.1) is 12.2 Å². The summed E-state index contributed by atoms with van der Waals surface area (Å²) in [5, 5.41) is 2.85. The van der Waals surface area contributed by atoms with Crippen LogP contribution in [0.15, 0.2) is 30.3 Å². The van der Waals surface area contributed by atoms with E-state index in [0.29, 0.717) is 41.8 Å². The van der Waals surface area contributed by atoms with E-state index in [1.807, 2.05) is 18.2 Å². The van der Waals surface area contributed by atoms with Crippen molar-refractivity contribution >= 4 is 20.2 Å². The fourth-order valence-electron chi connectivity index (χ4n) is 4.66. The van der Waals surface area contributed by atoms with E-state index in [4.69, 9.17) is 9.16 Å². The average Bonchev–Trinajstić information content (AvgIpc) is 3.07. The zero-order chi connectivity index (χ0) is 20.9. The van der Waals surface area contributed by atoms with Gasteiger partial charge in [0, 0.05) is 18.9 Å². The first kappa shape index (κ1) is 22.6. The Morgan fingerprint density at radius 1 is 1.07 bits per heavy atom. The maximum Gasteiger partial charge on any atom is 0.338 e. The first-order chi connectivity index (χ1) is 13.2. The van der Waals surface area contributed by atoms with Gasteiger partial charge < -0.3 is 14.5 Å². The molecule has 1 aliphatic heterocycles. The standard InChI is InChI=1S/C22H35NO4Si/c1-15(2)28(16(3)4,17(5)6)26-14-20(19-12-21(24)23-13-19)27-22(25)18-10-8-7-9-11-18/h7-11,15-17,19-20H,12-14H2,1-6H3,(H,23,24)/t19-,20+/m0/s1. The lowest BCUT2D eigenvalue weighted by atomic mass is 10.0. The number of esters is 1. The molecule has 1 N–H and O–H groups in total. The molecule has 1 amide bonds. The lowest BCUT2D eigenvalue weighted by Gasteiger charge is -2.43. The van der Waals surface area contributed by atoms with Crippen molar-refractivity contribution in [2.75, 3.05) is 13.2 Å². The molecule has 0 saturated carbocycles. The molecule has 0 aromatic heterocycles. The lowest BCUT2D eigenvalue weighted by molar-refractivity contribution is -0.119. The largest absolute Gasteiger partial charge is 0.456 e. The smallest absolute Gasteiger partial charge is 0.338 e. The molecule has 28 heavy (non-hydrogen) atoms. The second-order valence-corrected chi connectivity index (χ2v) is 14.2. The van der Waals surface area contributed by atoms with E-state index in [9.17, 15) is 9.59 Å². The minimum Gasteiger partial charge on any atom is -0.456 e. The number of amides is 1. The van der Waals surface area contributed by atoms with Crippen LogP contribution in [0.3, 0.4) is 0 Å². The number of ether oxygens (including phenoxy) is 1. The Balaban J connectivity index is 2.19. The van der Waals surface area contributed by atoms with Crippen LogP contribution in [0.5, 0.6) is 0 Å². The summed E-state index contributed by atoms with van der Waals surface area (Å²) in [6.07, 6.45) is -0.0647. The lowest BCUT2D eigenvalue weighted by Crippen LogP contribution is -2.50. The zero-order valence-corrected chi connectivity index (χ0v) is 19.0. The van der Waals surface area contributed by atoms with Gasteiger partial charge in [0.25, 0.3) is 0 Å². The van der Waals surface area contributed by atoms with Gasteiger partial charge in [-0.15, -0.1) is 0 Å². The molecule has 2 rings (SSSR count). The van der Waals surface area contributed by atoms with Crippen LogP contribution < -0.4 is 5.32 Å². The molecule has 156 valence electrons. The summed E-state index contributed by atoms with van der Waals surface area (Å²) in [7, 11) is -2.09. The molecular formula is C22H35NO4Si. The number of hydrogen-bond acceptors (Lipinski definition) is 4. The third kappa shape index (κ3) is 5.03. The first-order valence-corrected chi connectivity index (χ1v) is 12.5. The SMILES string of the molecule is CC(C)[Si](OC[C@@H](OC(=O)c1ccccc1)[C@@H]1CNC(=O)C1)(C(C)C)C(C)C. The Labute approximate surface area is 170 Å². The van der Waals surface area contributed by atoms with Gasteiger partial charge in [0.2, 0.25) is 14.2 Å². The second-order valence-electron chi connectivity index (χ2n) is 8.71. The van der Waals surface area contributed by atoms with Gasteiger partial charge in [-0.05, 0) is 28.8 Å². The molecular weight excluding hydrogens is 370 g/mol. The molecule has 0 aliphatic carbocycles. The van der Waals surface area contributed by atoms with Crippen LogP contribution in [0.1, 0.15) is 58.3 Å². The summed E-state index contributed by atoms with van der Waals surface area (Å²) in [6, 6.07) is 8.99. The van der Waals surface area contributed by atoms with E-state index >= 15 is 0 Å². The molecule has 1 saturated heterocycles. The molecule has 0 bridgehead atoms. The number of rotatable bonds is 9. The second kappa shape index (κ2) is 9.70. The predicted octanol–water partition coefficient (Wildman–Crippen LogP) is 4.54. The topological polar surface area (TPSA) is 64.6 Å². The van der Waals surface area contributed by atoms with Crippen molar-refractivity contribution < 1.29 is 18.8 Å². The normalized spacial score (nSPS) is 18.6. The molecule has 0 radical (unpaired) electrons. The van der Waals surface area contributed by atoms with Crippen LogP contribution in [0.4, 0.5) is 0 Å². The maximum absolute atomic E-state index is 12.6. The van der Waals surface area contributed by atoms with Crippen LogP contribution in [0.25, 0.3) is 0 Å². The Hall–Kier alpha value is -1.66. The van der Waals surface area contributed by atoms with Gasteiger partial charge in [-0.1, -0.05) is 59.7 Å². The maximum atomic E-state index is 12.6. The summed E-state index contributed by atoms with van der Waals surface area (Å²) in [5.74, 6) is -0.413. The van der Waals surface area contributed by atoms with Crippen molar-refractivity contribution in [1.29, 1.82) is 0 Å². The van der Waals surface area contributed by atoms with E-state index < -0.39 is 14.4 Å². The molecule has 0 spiro atoms. The molecule has 5 nitrogen and oxygen atoms in total. The summed E-state index contributed by atoms with van der Waals surface area (Å²) >= 11 is 0. The van der Waals surface area contributed by atoms with E-state index in [1.165, 1.54) is 0 Å². The van der Waals surface area contributed by atoms with Crippen molar-refractivity contribution in [3.63, 3.8) is 0 Å². The first-order valence-electron chi connectivity index (χ1n) is 10.3. The van der Waals surface area contributed by atoms with Gasteiger partial charge in [0.1, 0.15) is 6.10 Å². The number of carbonyl (C=O) groups excluding carboxylic acids is 2. The molecule has 1 fully saturated rings. The highest BCUT2D eigenvalue weighted by atomic mass is 28.4. The minimum atomic E-state index is -2.09. The quantitative estimate of drug-likeness (QED) is 0.484. The summed E-state index contributed by atoms with van der Waals surface area (Å²) < 4.78 is 12.6. The Bertz CT molecular complexity index is 638. The van der Waals surface area contributed by atoms with Crippen LogP contribution in [-0.4, -0.2) is 39.4 Å². The summed E-state index contributed by atoms with van der Waals surface area (Å²) in [5.41, 5.74) is 1.86. The fraction of sp³-hybridized carbons (Fsp3) is 0.636. The zero-order valence-electron chi connectivity index (χ0n) is 18.0. The molecule has 6 heteroatoms. The van der Waals surface area contributed by atoms with Gasteiger partial charge >= 0.3 is 5.97 Å². The van der Waals surface area contributed by atoms with Gasteiger partial charge in [-0.25, -0.2) is 4.79 Å². The Morgan fingerprint density at radius 3 is 2.11 bits per heavy atom. The minimum absolute atomic E-state index is 0.00541. The number of hydrogen-bond donors (Lipinski definition) is 1. The predicted molar refractivity (Wildman–Crippen MR) is 114 cm³/mol. The van der Waals surface area contributed by atoms with Gasteiger partial charge in [0.15, 0.2) is 0 Å². The summed E-state index contributed by atoms with van der Waals surface area (Å²) in [4.78, 5) is 24.4. The van der Waals surface area contributed by atoms with Crippen LogP contribution >= 0.6 is 0 Å². The number of benzene rings is 1. The molecule has 2 atom stereocenters. The highest BCUT2D eigenvalue weighted by Crippen LogP contribution is 2.42. The van der Waals surface area contributed by atoms with Crippen molar-refractivity contribution in [3.8, 4) is 0 Å².